The Kier molecular flexibility index (Phi) is 13.4. The molecule has 1 heterocycles. The highest BCUT2D eigenvalue weighted by Gasteiger charge is 2.45. The maximum Gasteiger partial charge on any atom is 0.306 e. The summed E-state index contributed by atoms with van der Waals surface area (Å²) in [5, 5.41) is 16.6. The van der Waals surface area contributed by atoms with Gasteiger partial charge >= 0.3 is 7.37 Å². The van der Waals surface area contributed by atoms with Crippen LogP contribution in [0.1, 0.15) is 109 Å². The number of rotatable bonds is 16. The Morgan fingerprint density at radius 2 is 1.33 bits per heavy atom. The van der Waals surface area contributed by atoms with Crippen molar-refractivity contribution in [3.05, 3.63) is 139 Å². The molecule has 4 aromatic carbocycles. The van der Waals surface area contributed by atoms with Crippen molar-refractivity contribution in [2.75, 3.05) is 0 Å². The Morgan fingerprint density at radius 3 is 1.87 bits per heavy atom. The molecule has 0 aliphatic carbocycles. The number of carbonyl (C=O) groups is 1. The lowest BCUT2D eigenvalue weighted by molar-refractivity contribution is -0.246. The number of hydrogen-bond donors (Lipinski definition) is 2. The molecule has 1 aliphatic rings. The highest BCUT2D eigenvalue weighted by Crippen LogP contribution is 2.45. The average Bonchev–Trinajstić information content (AvgIpc) is 3.14. The van der Waals surface area contributed by atoms with Crippen molar-refractivity contribution in [2.45, 2.75) is 115 Å². The van der Waals surface area contributed by atoms with E-state index in [2.05, 4.69) is 66.9 Å². The van der Waals surface area contributed by atoms with Gasteiger partial charge in [0.15, 0.2) is 0 Å². The molecular formula is C45H57N2O4P. The molecule has 2 atom stereocenters. The van der Waals surface area contributed by atoms with Crippen molar-refractivity contribution in [1.29, 1.82) is 0 Å². The second-order valence-corrected chi connectivity index (χ2v) is 17.9. The lowest BCUT2D eigenvalue weighted by Gasteiger charge is -2.51. The van der Waals surface area contributed by atoms with Gasteiger partial charge in [0, 0.05) is 23.5 Å². The molecule has 7 heteroatoms. The predicted octanol–water partition coefficient (Wildman–Crippen LogP) is 10.3. The van der Waals surface area contributed by atoms with E-state index in [-0.39, 0.29) is 23.0 Å². The molecule has 0 spiro atoms. The van der Waals surface area contributed by atoms with Gasteiger partial charge < -0.3 is 15.0 Å². The van der Waals surface area contributed by atoms with Crippen LogP contribution in [-0.4, -0.2) is 33.3 Å². The van der Waals surface area contributed by atoms with E-state index < -0.39 is 7.37 Å². The van der Waals surface area contributed by atoms with Crippen molar-refractivity contribution < 1.29 is 19.1 Å². The highest BCUT2D eigenvalue weighted by atomic mass is 31.2. The normalized spacial score (nSPS) is 17.4. The average molecular weight is 721 g/mol. The summed E-state index contributed by atoms with van der Waals surface area (Å²) in [6, 6.07) is 37.9. The third kappa shape index (κ3) is 10.1. The number of nitrogens with one attached hydrogen (secondary N) is 1. The minimum atomic E-state index is -3.34. The molecule has 6 nitrogen and oxygen atoms in total. The monoisotopic (exact) mass is 720 g/mol. The molecule has 2 N–H and O–H groups in total. The van der Waals surface area contributed by atoms with Crippen molar-refractivity contribution in [3.8, 4) is 5.75 Å². The first-order chi connectivity index (χ1) is 24.9. The Hall–Kier alpha value is -3.96. The summed E-state index contributed by atoms with van der Waals surface area (Å²) >= 11 is 0. The molecule has 1 aliphatic heterocycles. The van der Waals surface area contributed by atoms with E-state index in [1.54, 1.807) is 0 Å². The molecule has 276 valence electrons. The fraction of sp³-hybridized carbons (Fsp3) is 0.400. The summed E-state index contributed by atoms with van der Waals surface area (Å²) in [7, 11) is -3.34. The van der Waals surface area contributed by atoms with Crippen LogP contribution >= 0.6 is 7.37 Å². The summed E-state index contributed by atoms with van der Waals surface area (Å²) in [5.74, 6) is 1.37. The first kappa shape index (κ1) is 39.3. The van der Waals surface area contributed by atoms with Crippen LogP contribution in [0.3, 0.4) is 0 Å². The van der Waals surface area contributed by atoms with E-state index in [0.717, 1.165) is 44.9 Å². The van der Waals surface area contributed by atoms with Gasteiger partial charge in [-0.25, -0.2) is 0 Å². The zero-order valence-corrected chi connectivity index (χ0v) is 32.5. The first-order valence-electron chi connectivity index (χ1n) is 18.9. The number of hydrogen-bond acceptors (Lipinski definition) is 5. The van der Waals surface area contributed by atoms with Crippen LogP contribution in [0.4, 0.5) is 0 Å². The van der Waals surface area contributed by atoms with Gasteiger partial charge in [-0.15, -0.1) is 0 Å². The molecule has 0 radical (unpaired) electrons. The summed E-state index contributed by atoms with van der Waals surface area (Å²) < 4.78 is 20.8. The quantitative estimate of drug-likeness (QED) is 0.0685. The predicted molar refractivity (Wildman–Crippen MR) is 214 cm³/mol. The zero-order valence-electron chi connectivity index (χ0n) is 31.6. The summed E-state index contributed by atoms with van der Waals surface area (Å²) in [4.78, 5) is 12.8. The number of amides is 1. The van der Waals surface area contributed by atoms with E-state index in [0.29, 0.717) is 34.6 Å². The van der Waals surface area contributed by atoms with Crippen molar-refractivity contribution in [1.82, 2.24) is 10.4 Å². The van der Waals surface area contributed by atoms with Crippen LogP contribution < -0.4 is 20.4 Å². The molecule has 1 saturated heterocycles. The molecule has 4 aromatic rings. The molecule has 0 saturated carbocycles. The van der Waals surface area contributed by atoms with E-state index >= 15 is 0 Å². The van der Waals surface area contributed by atoms with Crippen LogP contribution in [0, 0.1) is 0 Å². The summed E-state index contributed by atoms with van der Waals surface area (Å²) in [6.07, 6.45) is 11.0. The fourth-order valence-electron chi connectivity index (χ4n) is 7.86. The zero-order chi connectivity index (χ0) is 37.2. The van der Waals surface area contributed by atoms with Crippen molar-refractivity contribution in [3.63, 3.8) is 0 Å². The van der Waals surface area contributed by atoms with Gasteiger partial charge in [-0.2, -0.15) is 5.06 Å². The van der Waals surface area contributed by atoms with Crippen molar-refractivity contribution in [2.24, 2.45) is 0 Å². The van der Waals surface area contributed by atoms with Gasteiger partial charge in [0.05, 0.1) is 10.6 Å². The Morgan fingerprint density at radius 1 is 0.808 bits per heavy atom. The standard InChI is InChI=1S/C45H57N2O4P/c1-6-35(37-28-30-40(31-29-37)51-52(50,41-23-15-10-16-24-41)42-25-17-11-18-26-42)32-38(36-20-13-9-14-21-36)22-12-7-8-19-27-43(48)46-39-33-44(2,3)47(49)45(4,5)34-39/h7,9-18,20-21,23-26,28-31,35,38-39,49H,6,8,19,22,27,32-34H2,1-5H3,(H,46,48)/b12-7+. The maximum absolute atomic E-state index is 14.4. The molecule has 52 heavy (non-hydrogen) atoms. The van der Waals surface area contributed by atoms with Gasteiger partial charge in [-0.05, 0) is 132 Å². The minimum Gasteiger partial charge on any atom is -0.437 e. The first-order valence-corrected chi connectivity index (χ1v) is 20.5. The lowest BCUT2D eigenvalue weighted by Crippen LogP contribution is -2.62. The molecule has 1 amide bonds. The molecule has 0 aromatic heterocycles. The summed E-state index contributed by atoms with van der Waals surface area (Å²) in [5.41, 5.74) is 1.81. The second kappa shape index (κ2) is 17.7. The Labute approximate surface area is 311 Å². The number of allylic oxidation sites excluding steroid dienone is 2. The van der Waals surface area contributed by atoms with Crippen LogP contribution in [-0.2, 0) is 9.36 Å². The van der Waals surface area contributed by atoms with Gasteiger partial charge in [-0.3, -0.25) is 9.36 Å². The molecule has 1 fully saturated rings. The van der Waals surface area contributed by atoms with E-state index in [1.807, 2.05) is 100 Å². The number of benzene rings is 4. The third-order valence-corrected chi connectivity index (χ3v) is 12.9. The van der Waals surface area contributed by atoms with Crippen molar-refractivity contribution >= 4 is 23.9 Å². The minimum absolute atomic E-state index is 0.0589. The van der Waals surface area contributed by atoms with Gasteiger partial charge in [0.25, 0.3) is 0 Å². The van der Waals surface area contributed by atoms with E-state index in [9.17, 15) is 14.6 Å². The SMILES string of the molecule is CCC(CC(C/C=C/CCCC(=O)NC1CC(C)(C)N(O)C(C)(C)C1)c1ccccc1)c1ccc(OP(=O)(c2ccccc2)c2ccccc2)cc1. The van der Waals surface area contributed by atoms with Crippen LogP contribution in [0.2, 0.25) is 0 Å². The summed E-state index contributed by atoms with van der Waals surface area (Å²) in [6.45, 7) is 10.3. The molecule has 0 bridgehead atoms. The van der Waals surface area contributed by atoms with Crippen LogP contribution in [0.25, 0.3) is 0 Å². The van der Waals surface area contributed by atoms with Crippen LogP contribution in [0.5, 0.6) is 5.75 Å². The second-order valence-electron chi connectivity index (χ2n) is 15.5. The van der Waals surface area contributed by atoms with Gasteiger partial charge in [0.2, 0.25) is 5.91 Å². The Balaban J connectivity index is 1.18. The third-order valence-electron chi connectivity index (χ3n) is 10.5. The molecule has 2 unspecified atom stereocenters. The lowest BCUT2D eigenvalue weighted by atomic mass is 9.79. The topological polar surface area (TPSA) is 78.9 Å². The van der Waals surface area contributed by atoms with Gasteiger partial charge in [-0.1, -0.05) is 97.9 Å². The van der Waals surface area contributed by atoms with E-state index in [4.69, 9.17) is 4.52 Å². The van der Waals surface area contributed by atoms with Crippen LogP contribution in [0.15, 0.2) is 127 Å². The fourth-order valence-corrected chi connectivity index (χ4v) is 9.92. The highest BCUT2D eigenvalue weighted by molar-refractivity contribution is 7.74. The smallest absolute Gasteiger partial charge is 0.306 e. The number of hydroxylamine groups is 2. The maximum atomic E-state index is 14.4. The Bertz CT molecular complexity index is 1710. The number of carbonyl (C=O) groups excluding carboxylic acids is 1. The van der Waals surface area contributed by atoms with Gasteiger partial charge in [0.1, 0.15) is 5.75 Å². The van der Waals surface area contributed by atoms with E-state index in [1.165, 1.54) is 16.2 Å². The number of nitrogens with zero attached hydrogens (tertiary/aromatic N) is 1. The molecule has 5 rings (SSSR count). The largest absolute Gasteiger partial charge is 0.437 e. The molecular weight excluding hydrogens is 663 g/mol. The number of piperidine rings is 1. The number of unbranched alkanes of at least 4 members (excludes halogenated alkanes) is 1.